The lowest BCUT2D eigenvalue weighted by Gasteiger charge is -2.31. The Kier molecular flexibility index (Phi) is 7.30. The van der Waals surface area contributed by atoms with Crippen LogP contribution in [0, 0.1) is 11.6 Å². The molecule has 0 radical (unpaired) electrons. The molecule has 0 aliphatic carbocycles. The first-order valence-electron chi connectivity index (χ1n) is 8.09. The van der Waals surface area contributed by atoms with Crippen molar-refractivity contribution in [1.82, 2.24) is 0 Å². The van der Waals surface area contributed by atoms with Gasteiger partial charge in [0.2, 0.25) is 9.05 Å². The standard InChI is InChI=1S/C17H17Cl2F2NO4S2/c1-12(3-2-10-27(19,23)24)22(17-11-14(20)6-9-16(17)21)28(25,26)15-7-4-13(18)5-8-15/h4-9,11-12H,2-3,10H2,1H3. The van der Waals surface area contributed by atoms with Crippen LogP contribution in [0.1, 0.15) is 19.8 Å². The Morgan fingerprint density at radius 1 is 1.04 bits per heavy atom. The van der Waals surface area contributed by atoms with Crippen LogP contribution in [0.25, 0.3) is 0 Å². The number of hydrogen-bond donors (Lipinski definition) is 0. The third-order valence-corrected chi connectivity index (χ3v) is 7.36. The summed E-state index contributed by atoms with van der Waals surface area (Å²) in [5, 5.41) is 0.308. The molecule has 2 aromatic carbocycles. The molecule has 2 rings (SSSR count). The van der Waals surface area contributed by atoms with Crippen LogP contribution in [-0.2, 0) is 19.1 Å². The predicted octanol–water partition coefficient (Wildman–Crippen LogP) is 4.55. The molecule has 11 heteroatoms. The lowest BCUT2D eigenvalue weighted by atomic mass is 10.2. The average Bonchev–Trinajstić information content (AvgIpc) is 2.57. The van der Waals surface area contributed by atoms with Crippen molar-refractivity contribution in [2.24, 2.45) is 0 Å². The van der Waals surface area contributed by atoms with Crippen LogP contribution in [0.3, 0.4) is 0 Å². The Bertz CT molecular complexity index is 1050. The minimum Gasteiger partial charge on any atom is -0.260 e. The van der Waals surface area contributed by atoms with Crippen molar-refractivity contribution < 1.29 is 25.6 Å². The van der Waals surface area contributed by atoms with E-state index in [2.05, 4.69) is 0 Å². The summed E-state index contributed by atoms with van der Waals surface area (Å²) >= 11 is 5.79. The summed E-state index contributed by atoms with van der Waals surface area (Å²) in [4.78, 5) is -0.169. The molecule has 0 bridgehead atoms. The summed E-state index contributed by atoms with van der Waals surface area (Å²) in [7, 11) is -2.87. The van der Waals surface area contributed by atoms with E-state index in [0.717, 1.165) is 22.5 Å². The van der Waals surface area contributed by atoms with E-state index in [1.165, 1.54) is 31.2 Å². The molecule has 0 aliphatic rings. The van der Waals surface area contributed by atoms with Gasteiger partial charge in [-0.2, -0.15) is 0 Å². The van der Waals surface area contributed by atoms with Crippen molar-refractivity contribution in [2.75, 3.05) is 10.1 Å². The van der Waals surface area contributed by atoms with Crippen molar-refractivity contribution in [1.29, 1.82) is 0 Å². The molecule has 0 fully saturated rings. The molecule has 0 N–H and O–H groups in total. The van der Waals surface area contributed by atoms with Crippen molar-refractivity contribution in [2.45, 2.75) is 30.7 Å². The summed E-state index contributed by atoms with van der Waals surface area (Å²) in [5.74, 6) is -2.13. The summed E-state index contributed by atoms with van der Waals surface area (Å²) in [6.45, 7) is 1.47. The maximum absolute atomic E-state index is 14.4. The number of benzene rings is 2. The molecule has 28 heavy (non-hydrogen) atoms. The van der Waals surface area contributed by atoms with E-state index in [1.807, 2.05) is 0 Å². The normalized spacial score (nSPS) is 13.3. The van der Waals surface area contributed by atoms with Gasteiger partial charge in [-0.05, 0) is 56.2 Å². The summed E-state index contributed by atoms with van der Waals surface area (Å²) < 4.78 is 77.4. The third kappa shape index (κ3) is 5.79. The molecule has 0 saturated heterocycles. The van der Waals surface area contributed by atoms with E-state index in [4.69, 9.17) is 22.3 Å². The van der Waals surface area contributed by atoms with Crippen molar-refractivity contribution >= 4 is 47.0 Å². The van der Waals surface area contributed by atoms with E-state index in [-0.39, 0.29) is 23.5 Å². The summed E-state index contributed by atoms with van der Waals surface area (Å²) in [6, 6.07) is 6.81. The molecule has 0 spiro atoms. The fourth-order valence-corrected chi connectivity index (χ4v) is 5.30. The Morgan fingerprint density at radius 2 is 1.64 bits per heavy atom. The van der Waals surface area contributed by atoms with Gasteiger partial charge in [-0.1, -0.05) is 11.6 Å². The monoisotopic (exact) mass is 471 g/mol. The van der Waals surface area contributed by atoms with Crippen molar-refractivity contribution in [3.8, 4) is 0 Å². The van der Waals surface area contributed by atoms with Crippen LogP contribution >= 0.6 is 22.3 Å². The number of sulfonamides is 1. The zero-order valence-corrected chi connectivity index (χ0v) is 17.8. The van der Waals surface area contributed by atoms with Gasteiger partial charge in [0.15, 0.2) is 0 Å². The van der Waals surface area contributed by atoms with Crippen LogP contribution in [-0.4, -0.2) is 28.6 Å². The highest BCUT2D eigenvalue weighted by Crippen LogP contribution is 2.31. The summed E-state index contributed by atoms with van der Waals surface area (Å²) in [6.07, 6.45) is 0.0886. The van der Waals surface area contributed by atoms with Gasteiger partial charge in [0.05, 0.1) is 16.3 Å². The van der Waals surface area contributed by atoms with Gasteiger partial charge in [-0.25, -0.2) is 25.6 Å². The SMILES string of the molecule is CC(CCCS(=O)(=O)Cl)N(c1cc(F)ccc1F)S(=O)(=O)c1ccc(Cl)cc1. The fraction of sp³-hybridized carbons (Fsp3) is 0.294. The van der Waals surface area contributed by atoms with Gasteiger partial charge in [0, 0.05) is 27.8 Å². The Balaban J connectivity index is 2.49. The molecular weight excluding hydrogens is 455 g/mol. The molecule has 1 unspecified atom stereocenters. The van der Waals surface area contributed by atoms with Crippen LogP contribution in [0.4, 0.5) is 14.5 Å². The number of nitrogens with zero attached hydrogens (tertiary/aromatic N) is 1. The third-order valence-electron chi connectivity index (χ3n) is 3.93. The predicted molar refractivity (Wildman–Crippen MR) is 106 cm³/mol. The Labute approximate surface area is 172 Å². The Hall–Kier alpha value is -1.42. The fourth-order valence-electron chi connectivity index (χ4n) is 2.65. The van der Waals surface area contributed by atoms with E-state index < -0.39 is 42.4 Å². The second-order valence-electron chi connectivity index (χ2n) is 6.08. The van der Waals surface area contributed by atoms with Gasteiger partial charge >= 0.3 is 0 Å². The second kappa shape index (κ2) is 8.94. The lowest BCUT2D eigenvalue weighted by Crippen LogP contribution is -2.39. The second-order valence-corrected chi connectivity index (χ2v) is 11.2. The first-order valence-corrected chi connectivity index (χ1v) is 12.4. The van der Waals surface area contributed by atoms with Gasteiger partial charge in [-0.3, -0.25) is 4.31 Å². The van der Waals surface area contributed by atoms with Gasteiger partial charge in [0.25, 0.3) is 10.0 Å². The number of anilines is 1. The topological polar surface area (TPSA) is 71.5 Å². The molecule has 154 valence electrons. The molecule has 1 atom stereocenters. The number of halogens is 4. The highest BCUT2D eigenvalue weighted by Gasteiger charge is 2.31. The first-order chi connectivity index (χ1) is 12.9. The molecule has 0 aromatic heterocycles. The minimum atomic E-state index is -4.29. The average molecular weight is 472 g/mol. The van der Waals surface area contributed by atoms with Crippen molar-refractivity contribution in [3.05, 3.63) is 59.1 Å². The molecule has 0 heterocycles. The zero-order chi connectivity index (χ0) is 21.1. The van der Waals surface area contributed by atoms with Gasteiger partial charge in [-0.15, -0.1) is 0 Å². The van der Waals surface area contributed by atoms with E-state index in [9.17, 15) is 25.6 Å². The number of hydrogen-bond acceptors (Lipinski definition) is 4. The Morgan fingerprint density at radius 3 is 2.21 bits per heavy atom. The number of rotatable bonds is 8. The van der Waals surface area contributed by atoms with E-state index >= 15 is 0 Å². The van der Waals surface area contributed by atoms with Gasteiger partial charge in [0.1, 0.15) is 11.6 Å². The maximum atomic E-state index is 14.4. The molecule has 0 aliphatic heterocycles. The summed E-state index contributed by atoms with van der Waals surface area (Å²) in [5.41, 5.74) is -0.476. The molecule has 2 aromatic rings. The van der Waals surface area contributed by atoms with Crippen molar-refractivity contribution in [3.63, 3.8) is 0 Å². The van der Waals surface area contributed by atoms with E-state index in [1.54, 1.807) is 0 Å². The largest absolute Gasteiger partial charge is 0.264 e. The maximum Gasteiger partial charge on any atom is 0.264 e. The lowest BCUT2D eigenvalue weighted by molar-refractivity contribution is 0.554. The highest BCUT2D eigenvalue weighted by atomic mass is 35.7. The molecule has 5 nitrogen and oxygen atoms in total. The molecule has 0 saturated carbocycles. The smallest absolute Gasteiger partial charge is 0.260 e. The van der Waals surface area contributed by atoms with Gasteiger partial charge < -0.3 is 0 Å². The van der Waals surface area contributed by atoms with Crippen LogP contribution < -0.4 is 4.31 Å². The van der Waals surface area contributed by atoms with Crippen LogP contribution in [0.5, 0.6) is 0 Å². The zero-order valence-electron chi connectivity index (χ0n) is 14.6. The molecular formula is C17H17Cl2F2NO4S2. The van der Waals surface area contributed by atoms with Crippen LogP contribution in [0.2, 0.25) is 5.02 Å². The quantitative estimate of drug-likeness (QED) is 0.529. The highest BCUT2D eigenvalue weighted by molar-refractivity contribution is 8.13. The van der Waals surface area contributed by atoms with E-state index in [0.29, 0.717) is 5.02 Å². The minimum absolute atomic E-state index is 0.0383. The molecule has 0 amide bonds. The first kappa shape index (κ1) is 22.9. The van der Waals surface area contributed by atoms with Crippen LogP contribution in [0.15, 0.2) is 47.4 Å².